The SMILES string of the molecule is O=C(O)CCNC(=O)Cn1c(C2CCCCC2)nc2ccccc21. The molecule has 6 nitrogen and oxygen atoms in total. The van der Waals surface area contributed by atoms with E-state index in [2.05, 4.69) is 5.32 Å². The highest BCUT2D eigenvalue weighted by Crippen LogP contribution is 2.33. The molecule has 24 heavy (non-hydrogen) atoms. The molecule has 0 bridgehead atoms. The average Bonchev–Trinajstić information content (AvgIpc) is 2.94. The second kappa shape index (κ2) is 7.47. The van der Waals surface area contributed by atoms with Crippen molar-refractivity contribution in [1.29, 1.82) is 0 Å². The third-order valence-corrected chi connectivity index (χ3v) is 4.62. The number of hydrogen-bond acceptors (Lipinski definition) is 3. The summed E-state index contributed by atoms with van der Waals surface area (Å²) in [5.41, 5.74) is 1.88. The molecule has 0 radical (unpaired) electrons. The number of rotatable bonds is 6. The number of aromatic nitrogens is 2. The third kappa shape index (κ3) is 3.75. The van der Waals surface area contributed by atoms with Crippen LogP contribution in [0, 0.1) is 0 Å². The quantitative estimate of drug-likeness (QED) is 0.853. The van der Waals surface area contributed by atoms with Gasteiger partial charge in [0.25, 0.3) is 0 Å². The lowest BCUT2D eigenvalue weighted by molar-refractivity contribution is -0.136. The van der Waals surface area contributed by atoms with Crippen LogP contribution in [-0.2, 0) is 16.1 Å². The number of para-hydroxylation sites is 2. The van der Waals surface area contributed by atoms with Gasteiger partial charge in [0.1, 0.15) is 12.4 Å². The number of nitrogens with one attached hydrogen (secondary N) is 1. The van der Waals surface area contributed by atoms with Crippen LogP contribution in [-0.4, -0.2) is 33.1 Å². The molecule has 0 aliphatic heterocycles. The summed E-state index contributed by atoms with van der Waals surface area (Å²) in [6.07, 6.45) is 5.85. The molecule has 1 saturated carbocycles. The average molecular weight is 329 g/mol. The van der Waals surface area contributed by atoms with Gasteiger partial charge in [-0.25, -0.2) is 4.98 Å². The lowest BCUT2D eigenvalue weighted by Gasteiger charge is -2.22. The molecule has 1 aliphatic carbocycles. The topological polar surface area (TPSA) is 84.2 Å². The van der Waals surface area contributed by atoms with E-state index in [-0.39, 0.29) is 25.4 Å². The lowest BCUT2D eigenvalue weighted by atomic mass is 9.88. The van der Waals surface area contributed by atoms with Crippen LogP contribution in [0.15, 0.2) is 24.3 Å². The summed E-state index contributed by atoms with van der Waals surface area (Å²) in [5.74, 6) is 0.310. The summed E-state index contributed by atoms with van der Waals surface area (Å²) >= 11 is 0. The van der Waals surface area contributed by atoms with Crippen molar-refractivity contribution in [2.75, 3.05) is 6.54 Å². The molecular weight excluding hydrogens is 306 g/mol. The van der Waals surface area contributed by atoms with E-state index in [1.165, 1.54) is 19.3 Å². The number of carboxylic acid groups (broad SMARTS) is 1. The molecule has 0 atom stereocenters. The van der Waals surface area contributed by atoms with E-state index >= 15 is 0 Å². The number of fused-ring (bicyclic) bond motifs is 1. The van der Waals surface area contributed by atoms with Gasteiger partial charge in [-0.2, -0.15) is 0 Å². The number of imidazole rings is 1. The normalized spacial score (nSPS) is 15.5. The van der Waals surface area contributed by atoms with Gasteiger partial charge in [0.15, 0.2) is 0 Å². The van der Waals surface area contributed by atoms with E-state index in [4.69, 9.17) is 10.1 Å². The smallest absolute Gasteiger partial charge is 0.305 e. The van der Waals surface area contributed by atoms with Crippen molar-refractivity contribution >= 4 is 22.9 Å². The predicted octanol–water partition coefficient (Wildman–Crippen LogP) is 2.67. The number of hydrogen-bond donors (Lipinski definition) is 2. The van der Waals surface area contributed by atoms with E-state index < -0.39 is 5.97 Å². The van der Waals surface area contributed by atoms with Crippen molar-refractivity contribution in [1.82, 2.24) is 14.9 Å². The van der Waals surface area contributed by atoms with Gasteiger partial charge in [-0.3, -0.25) is 9.59 Å². The first-order valence-electron chi connectivity index (χ1n) is 8.59. The van der Waals surface area contributed by atoms with Crippen LogP contribution in [0.2, 0.25) is 0 Å². The maximum Gasteiger partial charge on any atom is 0.305 e. The summed E-state index contributed by atoms with van der Waals surface area (Å²) in [4.78, 5) is 27.6. The van der Waals surface area contributed by atoms with Gasteiger partial charge in [0.2, 0.25) is 5.91 Å². The van der Waals surface area contributed by atoms with Gasteiger partial charge >= 0.3 is 5.97 Å². The van der Waals surface area contributed by atoms with E-state index in [0.29, 0.717) is 5.92 Å². The number of carboxylic acids is 1. The minimum Gasteiger partial charge on any atom is -0.481 e. The molecule has 2 N–H and O–H groups in total. The Morgan fingerprint density at radius 3 is 2.71 bits per heavy atom. The first-order valence-corrected chi connectivity index (χ1v) is 8.59. The Hall–Kier alpha value is -2.37. The van der Waals surface area contributed by atoms with Gasteiger partial charge < -0.3 is 15.0 Å². The molecular formula is C18H23N3O3. The van der Waals surface area contributed by atoms with E-state index in [9.17, 15) is 9.59 Å². The Morgan fingerprint density at radius 2 is 1.96 bits per heavy atom. The molecule has 128 valence electrons. The lowest BCUT2D eigenvalue weighted by Crippen LogP contribution is -2.30. The molecule has 0 spiro atoms. The van der Waals surface area contributed by atoms with Crippen molar-refractivity contribution in [2.24, 2.45) is 0 Å². The molecule has 2 aromatic rings. The summed E-state index contributed by atoms with van der Waals surface area (Å²) in [7, 11) is 0. The summed E-state index contributed by atoms with van der Waals surface area (Å²) < 4.78 is 2.00. The van der Waals surface area contributed by atoms with E-state index in [0.717, 1.165) is 29.7 Å². The van der Waals surface area contributed by atoms with Crippen molar-refractivity contribution < 1.29 is 14.7 Å². The first kappa shape index (κ1) is 16.5. The second-order valence-electron chi connectivity index (χ2n) is 6.37. The minimum atomic E-state index is -0.911. The molecule has 6 heteroatoms. The maximum atomic E-state index is 12.2. The van der Waals surface area contributed by atoms with Crippen LogP contribution >= 0.6 is 0 Å². The van der Waals surface area contributed by atoms with Crippen LogP contribution in [0.5, 0.6) is 0 Å². The van der Waals surface area contributed by atoms with E-state index in [1.54, 1.807) is 0 Å². The van der Waals surface area contributed by atoms with Crippen LogP contribution < -0.4 is 5.32 Å². The number of aliphatic carboxylic acids is 1. The molecule has 3 rings (SSSR count). The highest BCUT2D eigenvalue weighted by atomic mass is 16.4. The maximum absolute atomic E-state index is 12.2. The molecule has 1 aromatic carbocycles. The Bertz CT molecular complexity index is 732. The largest absolute Gasteiger partial charge is 0.481 e. The Labute approximate surface area is 140 Å². The Morgan fingerprint density at radius 1 is 1.21 bits per heavy atom. The number of benzene rings is 1. The van der Waals surface area contributed by atoms with Gasteiger partial charge in [0.05, 0.1) is 17.5 Å². The molecule has 1 amide bonds. The van der Waals surface area contributed by atoms with E-state index in [1.807, 2.05) is 28.8 Å². The van der Waals surface area contributed by atoms with Crippen molar-refractivity contribution in [3.05, 3.63) is 30.1 Å². The number of nitrogens with zero attached hydrogens (tertiary/aromatic N) is 2. The van der Waals surface area contributed by atoms with Crippen LogP contribution in [0.4, 0.5) is 0 Å². The van der Waals surface area contributed by atoms with Gasteiger partial charge in [-0.05, 0) is 25.0 Å². The van der Waals surface area contributed by atoms with Gasteiger partial charge in [0, 0.05) is 12.5 Å². The predicted molar refractivity (Wildman–Crippen MR) is 90.8 cm³/mol. The highest BCUT2D eigenvalue weighted by Gasteiger charge is 2.23. The fourth-order valence-electron chi connectivity index (χ4n) is 3.44. The highest BCUT2D eigenvalue weighted by molar-refractivity contribution is 5.81. The molecule has 1 aromatic heterocycles. The summed E-state index contributed by atoms with van der Waals surface area (Å²) in [5, 5.41) is 11.4. The minimum absolute atomic E-state index is 0.0636. The first-order chi connectivity index (χ1) is 11.6. The zero-order valence-electron chi connectivity index (χ0n) is 13.7. The van der Waals surface area contributed by atoms with Gasteiger partial charge in [-0.1, -0.05) is 31.4 Å². The third-order valence-electron chi connectivity index (χ3n) is 4.62. The fourth-order valence-corrected chi connectivity index (χ4v) is 3.44. The van der Waals surface area contributed by atoms with Crippen molar-refractivity contribution in [3.63, 3.8) is 0 Å². The zero-order chi connectivity index (χ0) is 16.9. The van der Waals surface area contributed by atoms with Gasteiger partial charge in [-0.15, -0.1) is 0 Å². The molecule has 0 saturated heterocycles. The molecule has 1 aliphatic rings. The van der Waals surface area contributed by atoms with Crippen molar-refractivity contribution in [3.8, 4) is 0 Å². The number of amides is 1. The fraction of sp³-hybridized carbons (Fsp3) is 0.500. The van der Waals surface area contributed by atoms with Crippen LogP contribution in [0.25, 0.3) is 11.0 Å². The Kier molecular flexibility index (Phi) is 5.13. The van der Waals surface area contributed by atoms with Crippen LogP contribution in [0.3, 0.4) is 0 Å². The summed E-state index contributed by atoms with van der Waals surface area (Å²) in [6.45, 7) is 0.339. The standard InChI is InChI=1S/C18H23N3O3/c22-16(19-11-10-17(23)24)12-21-15-9-5-4-8-14(15)20-18(21)13-6-2-1-3-7-13/h4-5,8-9,13H,1-3,6-7,10-12H2,(H,19,22)(H,23,24). The molecule has 0 unspecified atom stereocenters. The number of carbonyl (C=O) groups excluding carboxylic acids is 1. The second-order valence-corrected chi connectivity index (χ2v) is 6.37. The van der Waals surface area contributed by atoms with Crippen molar-refractivity contribution in [2.45, 2.75) is 51.0 Å². The molecule has 1 fully saturated rings. The zero-order valence-corrected chi connectivity index (χ0v) is 13.7. The Balaban J connectivity index is 1.81. The molecule has 1 heterocycles. The number of carbonyl (C=O) groups is 2. The van der Waals surface area contributed by atoms with Crippen LogP contribution in [0.1, 0.15) is 50.3 Å². The monoisotopic (exact) mass is 329 g/mol. The summed E-state index contributed by atoms with van der Waals surface area (Å²) in [6, 6.07) is 7.87.